The van der Waals surface area contributed by atoms with Gasteiger partial charge in [0.25, 0.3) is 0 Å². The molecule has 0 aliphatic heterocycles. The van der Waals surface area contributed by atoms with E-state index in [1.165, 1.54) is 4.52 Å². The summed E-state index contributed by atoms with van der Waals surface area (Å²) in [6, 6.07) is 3.92. The smallest absolute Gasteiger partial charge is 0.367 e. The highest BCUT2D eigenvalue weighted by Gasteiger charge is 2.13. The first-order valence-electron chi connectivity index (χ1n) is 4.37. The van der Waals surface area contributed by atoms with Gasteiger partial charge < -0.3 is 5.11 Å². The molecule has 0 atom stereocenters. The summed E-state index contributed by atoms with van der Waals surface area (Å²) in [4.78, 5) is 16.7. The van der Waals surface area contributed by atoms with E-state index in [4.69, 9.17) is 5.11 Å². The van der Waals surface area contributed by atoms with Crippen LogP contribution in [0.2, 0.25) is 0 Å². The number of fused-ring (bicyclic) bond motifs is 1. The van der Waals surface area contributed by atoms with Crippen LogP contribution in [0.1, 0.15) is 9.80 Å². The highest BCUT2D eigenvalue weighted by atomic mass is 32.1. The van der Waals surface area contributed by atoms with Crippen LogP contribution in [0.3, 0.4) is 0 Å². The van der Waals surface area contributed by atoms with Crippen LogP contribution in [0, 0.1) is 0 Å². The van der Waals surface area contributed by atoms with Crippen LogP contribution in [0.4, 0.5) is 0 Å². The summed E-state index contributed by atoms with van der Waals surface area (Å²) in [7, 11) is 0. The van der Waals surface area contributed by atoms with E-state index >= 15 is 0 Å². The standard InChI is InChI=1S/C9H5N3O2S2/c13-8(14)7-11-12-4-5(10-9(12)16-7)6-2-1-3-15-6/h1-4H,(H,13,14). The molecule has 3 rings (SSSR count). The molecule has 16 heavy (non-hydrogen) atoms. The van der Waals surface area contributed by atoms with Gasteiger partial charge in [0.15, 0.2) is 0 Å². The zero-order valence-corrected chi connectivity index (χ0v) is 9.46. The van der Waals surface area contributed by atoms with Gasteiger partial charge in [0.05, 0.1) is 11.1 Å². The monoisotopic (exact) mass is 251 g/mol. The van der Waals surface area contributed by atoms with E-state index < -0.39 is 5.97 Å². The molecular weight excluding hydrogens is 246 g/mol. The number of aromatic carboxylic acids is 1. The summed E-state index contributed by atoms with van der Waals surface area (Å²) in [6.07, 6.45) is 1.74. The normalized spacial score (nSPS) is 11.0. The van der Waals surface area contributed by atoms with Gasteiger partial charge in [-0.05, 0) is 11.4 Å². The minimum absolute atomic E-state index is 0.0558. The van der Waals surface area contributed by atoms with E-state index in [-0.39, 0.29) is 5.01 Å². The lowest BCUT2D eigenvalue weighted by Gasteiger charge is -1.85. The van der Waals surface area contributed by atoms with Gasteiger partial charge in [-0.25, -0.2) is 14.3 Å². The van der Waals surface area contributed by atoms with Crippen LogP contribution in [0.25, 0.3) is 15.5 Å². The van der Waals surface area contributed by atoms with Gasteiger partial charge in [-0.1, -0.05) is 17.4 Å². The molecule has 0 fully saturated rings. The highest BCUT2D eigenvalue weighted by molar-refractivity contribution is 7.18. The maximum atomic E-state index is 10.7. The van der Waals surface area contributed by atoms with Crippen molar-refractivity contribution in [3.8, 4) is 10.6 Å². The molecule has 0 saturated carbocycles. The molecule has 0 aromatic carbocycles. The summed E-state index contributed by atoms with van der Waals surface area (Å²) in [5.41, 5.74) is 0.825. The Morgan fingerprint density at radius 3 is 3.00 bits per heavy atom. The number of rotatable bonds is 2. The molecule has 3 aromatic heterocycles. The van der Waals surface area contributed by atoms with Gasteiger partial charge >= 0.3 is 5.97 Å². The molecule has 80 valence electrons. The van der Waals surface area contributed by atoms with Crippen LogP contribution in [-0.4, -0.2) is 25.7 Å². The van der Waals surface area contributed by atoms with Crippen molar-refractivity contribution in [1.29, 1.82) is 0 Å². The van der Waals surface area contributed by atoms with Crippen LogP contribution >= 0.6 is 22.7 Å². The van der Waals surface area contributed by atoms with Crippen molar-refractivity contribution in [1.82, 2.24) is 14.6 Å². The van der Waals surface area contributed by atoms with E-state index in [1.807, 2.05) is 17.5 Å². The van der Waals surface area contributed by atoms with Gasteiger partial charge in [0.1, 0.15) is 5.69 Å². The van der Waals surface area contributed by atoms with Gasteiger partial charge in [-0.2, -0.15) is 0 Å². The molecule has 0 radical (unpaired) electrons. The number of thiophene rings is 1. The predicted octanol–water partition coefficient (Wildman–Crippen LogP) is 2.22. The average molecular weight is 251 g/mol. The molecule has 0 saturated heterocycles. The largest absolute Gasteiger partial charge is 0.476 e. The van der Waals surface area contributed by atoms with Crippen LogP contribution in [-0.2, 0) is 0 Å². The molecule has 0 bridgehead atoms. The quantitative estimate of drug-likeness (QED) is 0.758. The van der Waals surface area contributed by atoms with Crippen molar-refractivity contribution < 1.29 is 9.90 Å². The van der Waals surface area contributed by atoms with Crippen LogP contribution < -0.4 is 0 Å². The van der Waals surface area contributed by atoms with Crippen molar-refractivity contribution in [2.75, 3.05) is 0 Å². The third-order valence-corrected chi connectivity index (χ3v) is 3.80. The van der Waals surface area contributed by atoms with Gasteiger partial charge in [-0.15, -0.1) is 16.4 Å². The van der Waals surface area contributed by atoms with E-state index in [1.54, 1.807) is 17.5 Å². The van der Waals surface area contributed by atoms with E-state index in [9.17, 15) is 4.79 Å². The van der Waals surface area contributed by atoms with Crippen LogP contribution in [0.5, 0.6) is 0 Å². The minimum Gasteiger partial charge on any atom is -0.476 e. The van der Waals surface area contributed by atoms with Crippen molar-refractivity contribution in [3.63, 3.8) is 0 Å². The molecule has 7 heteroatoms. The molecule has 1 N–H and O–H groups in total. The number of nitrogens with zero attached hydrogens (tertiary/aromatic N) is 3. The first-order valence-corrected chi connectivity index (χ1v) is 6.07. The van der Waals surface area contributed by atoms with Gasteiger partial charge in [0, 0.05) is 0 Å². The molecule has 0 aliphatic carbocycles. The Morgan fingerprint density at radius 2 is 2.38 bits per heavy atom. The van der Waals surface area contributed by atoms with Crippen LogP contribution in [0.15, 0.2) is 23.7 Å². The number of imidazole rings is 1. The van der Waals surface area contributed by atoms with Crippen molar-refractivity contribution in [2.45, 2.75) is 0 Å². The first kappa shape index (κ1) is 9.49. The fourth-order valence-corrected chi connectivity index (χ4v) is 2.73. The first-order chi connectivity index (χ1) is 7.74. The molecule has 0 unspecified atom stereocenters. The zero-order valence-electron chi connectivity index (χ0n) is 7.82. The van der Waals surface area contributed by atoms with Gasteiger partial charge in [0.2, 0.25) is 9.97 Å². The number of carbonyl (C=O) groups is 1. The lowest BCUT2D eigenvalue weighted by Crippen LogP contribution is -1.95. The number of carboxylic acid groups (broad SMARTS) is 1. The fraction of sp³-hybridized carbons (Fsp3) is 0. The molecule has 3 heterocycles. The topological polar surface area (TPSA) is 67.5 Å². The molecule has 0 spiro atoms. The van der Waals surface area contributed by atoms with Gasteiger partial charge in [-0.3, -0.25) is 0 Å². The zero-order chi connectivity index (χ0) is 11.1. The summed E-state index contributed by atoms with van der Waals surface area (Å²) in [6.45, 7) is 0. The maximum Gasteiger partial charge on any atom is 0.367 e. The van der Waals surface area contributed by atoms with Crippen molar-refractivity contribution in [2.24, 2.45) is 0 Å². The summed E-state index contributed by atoms with van der Waals surface area (Å²) < 4.78 is 1.50. The Kier molecular flexibility index (Phi) is 2.01. The number of hydrogen-bond acceptors (Lipinski definition) is 5. The van der Waals surface area contributed by atoms with E-state index in [0.29, 0.717) is 4.96 Å². The third-order valence-electron chi connectivity index (χ3n) is 2.00. The molecule has 0 amide bonds. The number of aromatic nitrogens is 3. The van der Waals surface area contributed by atoms with E-state index in [0.717, 1.165) is 21.9 Å². The van der Waals surface area contributed by atoms with Crippen molar-refractivity contribution in [3.05, 3.63) is 28.7 Å². The lowest BCUT2D eigenvalue weighted by atomic mass is 10.4. The lowest BCUT2D eigenvalue weighted by molar-refractivity contribution is 0.0695. The third kappa shape index (κ3) is 1.41. The Labute approximate surface area is 97.6 Å². The molecular formula is C9H5N3O2S2. The van der Waals surface area contributed by atoms with Crippen molar-refractivity contribution >= 4 is 33.6 Å². The number of hydrogen-bond donors (Lipinski definition) is 1. The second-order valence-electron chi connectivity index (χ2n) is 3.04. The molecule has 5 nitrogen and oxygen atoms in total. The second kappa shape index (κ2) is 3.39. The minimum atomic E-state index is -1.02. The second-order valence-corrected chi connectivity index (χ2v) is 4.95. The Bertz CT molecular complexity index is 622. The summed E-state index contributed by atoms with van der Waals surface area (Å²) >= 11 is 2.66. The summed E-state index contributed by atoms with van der Waals surface area (Å²) in [5.74, 6) is -1.02. The SMILES string of the molecule is O=C(O)c1nn2cc(-c3cccs3)nc2s1. The average Bonchev–Trinajstić information content (AvgIpc) is 2.91. The Hall–Kier alpha value is -1.73. The van der Waals surface area contributed by atoms with E-state index in [2.05, 4.69) is 10.1 Å². The predicted molar refractivity (Wildman–Crippen MR) is 61.1 cm³/mol. The molecule has 0 aliphatic rings. The number of carboxylic acids is 1. The Balaban J connectivity index is 2.12. The highest BCUT2D eigenvalue weighted by Crippen LogP contribution is 2.25. The Morgan fingerprint density at radius 1 is 1.50 bits per heavy atom. The maximum absolute atomic E-state index is 10.7. The fourth-order valence-electron chi connectivity index (χ4n) is 1.33. The molecule has 3 aromatic rings. The summed E-state index contributed by atoms with van der Waals surface area (Å²) in [5, 5.41) is 14.7.